The molecule has 3 rings (SSSR count). The van der Waals surface area contributed by atoms with Crippen LogP contribution in [0.5, 0.6) is 5.75 Å². The molecule has 0 fully saturated rings. The molecular formula is C18H16ClNO3. The maximum Gasteiger partial charge on any atom is 0.213 e. The average molecular weight is 330 g/mol. The number of rotatable bonds is 4. The van der Waals surface area contributed by atoms with E-state index in [1.807, 2.05) is 30.3 Å². The molecule has 0 aromatic heterocycles. The molecule has 2 aromatic rings. The SMILES string of the molecule is CNC1=C(c2cc(Cl)cc(OC)c2)C(=O)C(c2ccccc2)O1. The van der Waals surface area contributed by atoms with Gasteiger partial charge in [-0.25, -0.2) is 0 Å². The molecule has 2 aromatic carbocycles. The summed E-state index contributed by atoms with van der Waals surface area (Å²) in [5.41, 5.74) is 1.96. The van der Waals surface area contributed by atoms with Gasteiger partial charge in [0.1, 0.15) is 5.75 Å². The molecule has 5 heteroatoms. The number of halogens is 1. The topological polar surface area (TPSA) is 47.6 Å². The van der Waals surface area contributed by atoms with Crippen molar-refractivity contribution in [2.75, 3.05) is 14.2 Å². The first-order valence-electron chi connectivity index (χ1n) is 7.17. The summed E-state index contributed by atoms with van der Waals surface area (Å²) in [5.74, 6) is 0.921. The molecule has 1 aliphatic rings. The van der Waals surface area contributed by atoms with Gasteiger partial charge in [0.05, 0.1) is 12.7 Å². The molecule has 0 saturated carbocycles. The summed E-state index contributed by atoms with van der Waals surface area (Å²) in [6.45, 7) is 0. The number of Topliss-reactive ketones (excluding diaryl/α,β-unsaturated/α-hetero) is 1. The Morgan fingerprint density at radius 1 is 1.17 bits per heavy atom. The minimum Gasteiger partial charge on any atom is -0.497 e. The lowest BCUT2D eigenvalue weighted by Crippen LogP contribution is -2.10. The van der Waals surface area contributed by atoms with Gasteiger partial charge in [0, 0.05) is 17.6 Å². The summed E-state index contributed by atoms with van der Waals surface area (Å²) in [6.07, 6.45) is -0.654. The van der Waals surface area contributed by atoms with Crippen LogP contribution >= 0.6 is 11.6 Å². The van der Waals surface area contributed by atoms with Crippen molar-refractivity contribution in [2.24, 2.45) is 0 Å². The lowest BCUT2D eigenvalue weighted by atomic mass is 9.97. The van der Waals surface area contributed by atoms with Crippen LogP contribution in [0.3, 0.4) is 0 Å². The first kappa shape index (κ1) is 15.4. The second-order valence-electron chi connectivity index (χ2n) is 5.11. The van der Waals surface area contributed by atoms with Crippen molar-refractivity contribution in [3.63, 3.8) is 0 Å². The van der Waals surface area contributed by atoms with Gasteiger partial charge in [-0.15, -0.1) is 0 Å². The van der Waals surface area contributed by atoms with Crippen molar-refractivity contribution in [1.29, 1.82) is 0 Å². The van der Waals surface area contributed by atoms with E-state index >= 15 is 0 Å². The molecule has 1 aliphatic heterocycles. The highest BCUT2D eigenvalue weighted by Gasteiger charge is 2.36. The lowest BCUT2D eigenvalue weighted by molar-refractivity contribution is -0.120. The number of ketones is 1. The Hall–Kier alpha value is -2.46. The maximum atomic E-state index is 12.9. The Morgan fingerprint density at radius 3 is 2.57 bits per heavy atom. The first-order valence-corrected chi connectivity index (χ1v) is 7.54. The third-order valence-corrected chi connectivity index (χ3v) is 3.89. The Kier molecular flexibility index (Phi) is 4.26. The molecule has 118 valence electrons. The minimum atomic E-state index is -0.654. The van der Waals surface area contributed by atoms with Gasteiger partial charge >= 0.3 is 0 Å². The summed E-state index contributed by atoms with van der Waals surface area (Å²) in [5, 5.41) is 3.45. The van der Waals surface area contributed by atoms with E-state index in [9.17, 15) is 4.79 Å². The highest BCUT2D eigenvalue weighted by molar-refractivity contribution is 6.31. The van der Waals surface area contributed by atoms with Crippen LogP contribution < -0.4 is 10.1 Å². The van der Waals surface area contributed by atoms with Crippen LogP contribution in [0.15, 0.2) is 54.4 Å². The minimum absolute atomic E-state index is 0.107. The fourth-order valence-electron chi connectivity index (χ4n) is 2.60. The van der Waals surface area contributed by atoms with Crippen LogP contribution in [0, 0.1) is 0 Å². The molecule has 4 nitrogen and oxygen atoms in total. The summed E-state index contributed by atoms with van der Waals surface area (Å²) in [7, 11) is 3.28. The van der Waals surface area contributed by atoms with E-state index in [-0.39, 0.29) is 5.78 Å². The van der Waals surface area contributed by atoms with Gasteiger partial charge in [-0.1, -0.05) is 41.9 Å². The maximum absolute atomic E-state index is 12.9. The number of methoxy groups -OCH3 is 1. The molecule has 23 heavy (non-hydrogen) atoms. The molecule has 0 radical (unpaired) electrons. The molecule has 0 bridgehead atoms. The Balaban J connectivity index is 2.04. The quantitative estimate of drug-likeness (QED) is 0.931. The lowest BCUT2D eigenvalue weighted by Gasteiger charge is -2.11. The zero-order valence-corrected chi connectivity index (χ0v) is 13.6. The summed E-state index contributed by atoms with van der Waals surface area (Å²) < 4.78 is 11.1. The molecule has 1 atom stereocenters. The summed E-state index contributed by atoms with van der Waals surface area (Å²) in [6, 6.07) is 14.6. The fourth-order valence-corrected chi connectivity index (χ4v) is 2.83. The van der Waals surface area contributed by atoms with Gasteiger partial charge in [-0.05, 0) is 23.8 Å². The number of hydrogen-bond donors (Lipinski definition) is 1. The first-order chi connectivity index (χ1) is 11.1. The molecule has 0 amide bonds. The normalized spacial score (nSPS) is 17.2. The molecule has 0 spiro atoms. The van der Waals surface area contributed by atoms with Crippen molar-refractivity contribution in [3.8, 4) is 5.75 Å². The van der Waals surface area contributed by atoms with Crippen molar-refractivity contribution < 1.29 is 14.3 Å². The number of benzene rings is 2. The predicted octanol–water partition coefficient (Wildman–Crippen LogP) is 3.58. The molecule has 1 unspecified atom stereocenters. The number of nitrogens with one attached hydrogen (secondary N) is 1. The van der Waals surface area contributed by atoms with Crippen LogP contribution in [0.2, 0.25) is 5.02 Å². The van der Waals surface area contributed by atoms with Crippen LogP contribution in [0.25, 0.3) is 5.57 Å². The average Bonchev–Trinajstić information content (AvgIpc) is 2.91. The van der Waals surface area contributed by atoms with E-state index in [1.165, 1.54) is 0 Å². The fraction of sp³-hybridized carbons (Fsp3) is 0.167. The highest BCUT2D eigenvalue weighted by Crippen LogP contribution is 2.38. The van der Waals surface area contributed by atoms with Crippen molar-refractivity contribution >= 4 is 23.0 Å². The molecule has 0 saturated heterocycles. The summed E-state index contributed by atoms with van der Waals surface area (Å²) >= 11 is 6.12. The Labute approximate surface area is 139 Å². The van der Waals surface area contributed by atoms with E-state index < -0.39 is 6.10 Å². The Morgan fingerprint density at radius 2 is 1.91 bits per heavy atom. The van der Waals surface area contributed by atoms with Crippen LogP contribution in [0.1, 0.15) is 17.2 Å². The molecule has 0 aliphatic carbocycles. The van der Waals surface area contributed by atoms with Gasteiger partial charge < -0.3 is 14.8 Å². The number of ether oxygens (including phenoxy) is 2. The summed E-state index contributed by atoms with van der Waals surface area (Å²) in [4.78, 5) is 12.9. The smallest absolute Gasteiger partial charge is 0.213 e. The number of hydrogen-bond acceptors (Lipinski definition) is 4. The molecular weight excluding hydrogens is 314 g/mol. The van der Waals surface area contributed by atoms with E-state index in [0.29, 0.717) is 27.8 Å². The van der Waals surface area contributed by atoms with Crippen molar-refractivity contribution in [2.45, 2.75) is 6.10 Å². The third-order valence-electron chi connectivity index (χ3n) is 3.67. The van der Waals surface area contributed by atoms with Crippen molar-refractivity contribution in [1.82, 2.24) is 5.32 Å². The second kappa shape index (κ2) is 6.34. The zero-order valence-electron chi connectivity index (χ0n) is 12.8. The van der Waals surface area contributed by atoms with Crippen LogP contribution in [0.4, 0.5) is 0 Å². The van der Waals surface area contributed by atoms with Gasteiger partial charge in [-0.3, -0.25) is 4.79 Å². The van der Waals surface area contributed by atoms with Gasteiger partial charge in [0.2, 0.25) is 5.78 Å². The zero-order chi connectivity index (χ0) is 16.4. The number of carbonyl (C=O) groups is 1. The molecule has 1 heterocycles. The highest BCUT2D eigenvalue weighted by atomic mass is 35.5. The standard InChI is InChI=1S/C18H16ClNO3/c1-20-18-15(12-8-13(19)10-14(9-12)22-2)16(21)17(23-18)11-6-4-3-5-7-11/h3-10,17,20H,1-2H3. The number of carbonyl (C=O) groups excluding carboxylic acids is 1. The van der Waals surface area contributed by atoms with E-state index in [4.69, 9.17) is 21.1 Å². The van der Waals surface area contributed by atoms with Crippen LogP contribution in [-0.2, 0) is 9.53 Å². The Bertz CT molecular complexity index is 771. The van der Waals surface area contributed by atoms with Crippen molar-refractivity contribution in [3.05, 3.63) is 70.6 Å². The van der Waals surface area contributed by atoms with Gasteiger partial charge in [0.15, 0.2) is 12.0 Å². The van der Waals surface area contributed by atoms with Crippen LogP contribution in [-0.4, -0.2) is 19.9 Å². The van der Waals surface area contributed by atoms with E-state index in [2.05, 4.69) is 5.32 Å². The molecule has 1 N–H and O–H groups in total. The monoisotopic (exact) mass is 329 g/mol. The largest absolute Gasteiger partial charge is 0.497 e. The second-order valence-corrected chi connectivity index (χ2v) is 5.54. The van der Waals surface area contributed by atoms with Gasteiger partial charge in [0.25, 0.3) is 0 Å². The predicted molar refractivity (Wildman–Crippen MR) is 89.3 cm³/mol. The van der Waals surface area contributed by atoms with E-state index in [1.54, 1.807) is 32.4 Å². The van der Waals surface area contributed by atoms with Gasteiger partial charge in [-0.2, -0.15) is 0 Å². The van der Waals surface area contributed by atoms with E-state index in [0.717, 1.165) is 5.56 Å². The third kappa shape index (κ3) is 2.90.